The molecule has 1 atom stereocenters. The summed E-state index contributed by atoms with van der Waals surface area (Å²) in [4.78, 5) is 16.6. The molecule has 0 aliphatic rings. The monoisotopic (exact) mass is 429 g/mol. The van der Waals surface area contributed by atoms with E-state index < -0.39 is 0 Å². The van der Waals surface area contributed by atoms with Crippen molar-refractivity contribution in [3.05, 3.63) is 53.3 Å². The molecule has 6 nitrogen and oxygen atoms in total. The van der Waals surface area contributed by atoms with Crippen LogP contribution in [-0.2, 0) is 4.79 Å². The number of nitrogens with zero attached hydrogens (tertiary/aromatic N) is 4. The normalized spacial score (nSPS) is 12.2. The fourth-order valence-electron chi connectivity index (χ4n) is 2.75. The van der Waals surface area contributed by atoms with Crippen LogP contribution in [0, 0.1) is 12.8 Å². The molecule has 0 saturated carbocycles. The highest BCUT2D eigenvalue weighted by molar-refractivity contribution is 8.00. The van der Waals surface area contributed by atoms with E-state index in [1.54, 1.807) is 12.4 Å². The Morgan fingerprint density at radius 3 is 2.59 bits per heavy atom. The number of amides is 1. The highest BCUT2D eigenvalue weighted by Gasteiger charge is 2.23. The van der Waals surface area contributed by atoms with Crippen molar-refractivity contribution >= 4 is 29.3 Å². The van der Waals surface area contributed by atoms with Crippen LogP contribution >= 0.6 is 23.4 Å². The van der Waals surface area contributed by atoms with Gasteiger partial charge in [0.05, 0.1) is 10.9 Å². The van der Waals surface area contributed by atoms with Crippen LogP contribution in [0.15, 0.2) is 47.9 Å². The molecule has 2 heterocycles. The maximum atomic E-state index is 12.5. The molecule has 0 radical (unpaired) electrons. The molecule has 152 valence electrons. The lowest BCUT2D eigenvalue weighted by Crippen LogP contribution is -2.33. The van der Waals surface area contributed by atoms with Gasteiger partial charge in [0.25, 0.3) is 0 Å². The molecule has 1 amide bonds. The standard InChI is InChI=1S/C21H24ClN5OS/c1-13(2)12-24-20(28)15(4)29-21-26-25-19(16-8-10-23-11-9-16)27(21)18-7-5-6-17(22)14(18)3/h5-11,13,15H,12H2,1-4H3,(H,24,28)/t15-/m0/s1. The topological polar surface area (TPSA) is 72.7 Å². The summed E-state index contributed by atoms with van der Waals surface area (Å²) in [7, 11) is 0. The Morgan fingerprint density at radius 1 is 1.17 bits per heavy atom. The van der Waals surface area contributed by atoms with Gasteiger partial charge in [-0.25, -0.2) is 0 Å². The molecule has 1 aromatic carbocycles. The number of hydrogen-bond acceptors (Lipinski definition) is 5. The molecule has 0 unspecified atom stereocenters. The predicted octanol–water partition coefficient (Wildman–Crippen LogP) is 4.54. The van der Waals surface area contributed by atoms with Crippen LogP contribution in [0.2, 0.25) is 5.02 Å². The third-order valence-electron chi connectivity index (χ3n) is 4.39. The van der Waals surface area contributed by atoms with Crippen LogP contribution in [0.3, 0.4) is 0 Å². The van der Waals surface area contributed by atoms with Gasteiger partial charge in [0, 0.05) is 29.5 Å². The second kappa shape index (κ2) is 9.41. The lowest BCUT2D eigenvalue weighted by molar-refractivity contribution is -0.120. The summed E-state index contributed by atoms with van der Waals surface area (Å²) in [6, 6.07) is 9.49. The maximum Gasteiger partial charge on any atom is 0.233 e. The van der Waals surface area contributed by atoms with Crippen molar-refractivity contribution in [3.8, 4) is 17.1 Å². The Balaban J connectivity index is 2.01. The van der Waals surface area contributed by atoms with Crippen molar-refractivity contribution in [3.63, 3.8) is 0 Å². The molecule has 2 aromatic heterocycles. The van der Waals surface area contributed by atoms with E-state index in [2.05, 4.69) is 34.3 Å². The number of benzene rings is 1. The van der Waals surface area contributed by atoms with E-state index in [0.29, 0.717) is 28.5 Å². The third kappa shape index (κ3) is 4.97. The second-order valence-electron chi connectivity index (χ2n) is 7.16. The fraction of sp³-hybridized carbons (Fsp3) is 0.333. The van der Waals surface area contributed by atoms with Crippen LogP contribution < -0.4 is 5.32 Å². The number of pyridine rings is 1. The first-order valence-electron chi connectivity index (χ1n) is 9.44. The summed E-state index contributed by atoms with van der Waals surface area (Å²) in [5, 5.41) is 12.8. The summed E-state index contributed by atoms with van der Waals surface area (Å²) >= 11 is 7.75. The smallest absolute Gasteiger partial charge is 0.233 e. The third-order valence-corrected chi connectivity index (χ3v) is 5.84. The first kappa shape index (κ1) is 21.3. The molecule has 0 bridgehead atoms. The van der Waals surface area contributed by atoms with Gasteiger partial charge in [-0.05, 0) is 49.6 Å². The van der Waals surface area contributed by atoms with E-state index in [9.17, 15) is 4.79 Å². The molecule has 29 heavy (non-hydrogen) atoms. The predicted molar refractivity (Wildman–Crippen MR) is 118 cm³/mol. The molecule has 3 aromatic rings. The number of nitrogens with one attached hydrogen (secondary N) is 1. The Bertz CT molecular complexity index is 990. The molecule has 0 saturated heterocycles. The van der Waals surface area contributed by atoms with Gasteiger partial charge in [0.15, 0.2) is 11.0 Å². The van der Waals surface area contributed by atoms with Gasteiger partial charge in [0.1, 0.15) is 0 Å². The van der Waals surface area contributed by atoms with Crippen LogP contribution in [-0.4, -0.2) is 37.5 Å². The van der Waals surface area contributed by atoms with Crippen LogP contribution in [0.25, 0.3) is 17.1 Å². The van der Waals surface area contributed by atoms with Gasteiger partial charge < -0.3 is 5.32 Å². The molecular weight excluding hydrogens is 406 g/mol. The fourth-order valence-corrected chi connectivity index (χ4v) is 3.80. The molecule has 3 rings (SSSR count). The first-order chi connectivity index (χ1) is 13.9. The van der Waals surface area contributed by atoms with Crippen molar-refractivity contribution in [2.24, 2.45) is 5.92 Å². The SMILES string of the molecule is Cc1c(Cl)cccc1-n1c(S[C@@H](C)C(=O)NCC(C)C)nnc1-c1ccncc1. The molecular formula is C21H24ClN5OS. The van der Waals surface area contributed by atoms with E-state index in [0.717, 1.165) is 16.8 Å². The van der Waals surface area contributed by atoms with E-state index in [1.165, 1.54) is 11.8 Å². The number of aromatic nitrogens is 4. The molecule has 1 N–H and O–H groups in total. The Hall–Kier alpha value is -2.38. The summed E-state index contributed by atoms with van der Waals surface area (Å²) in [6.07, 6.45) is 3.43. The van der Waals surface area contributed by atoms with Crippen molar-refractivity contribution in [2.75, 3.05) is 6.54 Å². The van der Waals surface area contributed by atoms with Gasteiger partial charge in [0.2, 0.25) is 5.91 Å². The molecule has 0 spiro atoms. The van der Waals surface area contributed by atoms with Gasteiger partial charge >= 0.3 is 0 Å². The number of thioether (sulfide) groups is 1. The maximum absolute atomic E-state index is 12.5. The zero-order valence-corrected chi connectivity index (χ0v) is 18.5. The molecule has 8 heteroatoms. The summed E-state index contributed by atoms with van der Waals surface area (Å²) in [5.74, 6) is 1.05. The average molecular weight is 430 g/mol. The van der Waals surface area contributed by atoms with Crippen LogP contribution in [0.4, 0.5) is 0 Å². The lowest BCUT2D eigenvalue weighted by Gasteiger charge is -2.16. The lowest BCUT2D eigenvalue weighted by atomic mass is 10.2. The summed E-state index contributed by atoms with van der Waals surface area (Å²) < 4.78 is 1.95. The van der Waals surface area contributed by atoms with Crippen molar-refractivity contribution in [1.29, 1.82) is 0 Å². The minimum absolute atomic E-state index is 0.0217. The minimum Gasteiger partial charge on any atom is -0.355 e. The number of hydrogen-bond donors (Lipinski definition) is 1. The number of carbonyl (C=O) groups excluding carboxylic acids is 1. The van der Waals surface area contributed by atoms with Gasteiger partial charge in [-0.15, -0.1) is 10.2 Å². The largest absolute Gasteiger partial charge is 0.355 e. The van der Waals surface area contributed by atoms with Crippen LogP contribution in [0.1, 0.15) is 26.3 Å². The van der Waals surface area contributed by atoms with E-state index in [1.807, 2.05) is 48.7 Å². The highest BCUT2D eigenvalue weighted by atomic mass is 35.5. The van der Waals surface area contributed by atoms with Crippen molar-refractivity contribution in [1.82, 2.24) is 25.1 Å². The van der Waals surface area contributed by atoms with Crippen LogP contribution in [0.5, 0.6) is 0 Å². The van der Waals surface area contributed by atoms with Crippen molar-refractivity contribution in [2.45, 2.75) is 38.1 Å². The van der Waals surface area contributed by atoms with Gasteiger partial charge in [-0.3, -0.25) is 14.3 Å². The zero-order chi connectivity index (χ0) is 21.0. The van der Waals surface area contributed by atoms with Gasteiger partial charge in [-0.1, -0.05) is 43.3 Å². The molecule has 0 aliphatic heterocycles. The Morgan fingerprint density at radius 2 is 1.90 bits per heavy atom. The summed E-state index contributed by atoms with van der Waals surface area (Å²) in [5.41, 5.74) is 2.69. The number of carbonyl (C=O) groups is 1. The number of halogens is 1. The average Bonchev–Trinajstić information content (AvgIpc) is 3.12. The first-order valence-corrected chi connectivity index (χ1v) is 10.7. The highest BCUT2D eigenvalue weighted by Crippen LogP contribution is 2.33. The Kier molecular flexibility index (Phi) is 6.92. The van der Waals surface area contributed by atoms with Gasteiger partial charge in [-0.2, -0.15) is 0 Å². The van der Waals surface area contributed by atoms with E-state index >= 15 is 0 Å². The van der Waals surface area contributed by atoms with E-state index in [-0.39, 0.29) is 11.2 Å². The second-order valence-corrected chi connectivity index (χ2v) is 8.88. The summed E-state index contributed by atoms with van der Waals surface area (Å²) in [6.45, 7) is 8.61. The molecule has 0 fully saturated rings. The Labute approximate surface area is 180 Å². The van der Waals surface area contributed by atoms with Crippen molar-refractivity contribution < 1.29 is 4.79 Å². The molecule has 0 aliphatic carbocycles. The zero-order valence-electron chi connectivity index (χ0n) is 16.9. The van der Waals surface area contributed by atoms with E-state index in [4.69, 9.17) is 11.6 Å². The minimum atomic E-state index is -0.318. The number of rotatable bonds is 7. The quantitative estimate of drug-likeness (QED) is 0.558.